The number of ether oxygens (including phenoxy) is 1. The van der Waals surface area contributed by atoms with Gasteiger partial charge in [0.2, 0.25) is 0 Å². The lowest BCUT2D eigenvalue weighted by molar-refractivity contribution is 0.105. The van der Waals surface area contributed by atoms with Crippen LogP contribution < -0.4 is 5.32 Å². The molecule has 0 saturated carbocycles. The molecule has 0 amide bonds. The minimum atomic E-state index is 0.370. The highest BCUT2D eigenvalue weighted by Crippen LogP contribution is 2.38. The van der Waals surface area contributed by atoms with Crippen molar-refractivity contribution < 1.29 is 4.74 Å². The zero-order chi connectivity index (χ0) is 13.7. The van der Waals surface area contributed by atoms with E-state index >= 15 is 0 Å². The third-order valence-electron chi connectivity index (χ3n) is 4.35. The van der Waals surface area contributed by atoms with Gasteiger partial charge in [-0.15, -0.1) is 0 Å². The Bertz CT molecular complexity index is 391. The quantitative estimate of drug-likeness (QED) is 0.773. The lowest BCUT2D eigenvalue weighted by atomic mass is 9.74. The first-order valence-electron chi connectivity index (χ1n) is 7.58. The van der Waals surface area contributed by atoms with Gasteiger partial charge in [-0.1, -0.05) is 31.2 Å². The van der Waals surface area contributed by atoms with Crippen LogP contribution in [0.3, 0.4) is 0 Å². The monoisotopic (exact) mass is 261 g/mol. The Kier molecular flexibility index (Phi) is 5.41. The van der Waals surface area contributed by atoms with Crippen LogP contribution in [0.4, 0.5) is 0 Å². The normalized spacial score (nSPS) is 20.5. The van der Waals surface area contributed by atoms with Crippen molar-refractivity contribution in [2.24, 2.45) is 0 Å². The summed E-state index contributed by atoms with van der Waals surface area (Å²) < 4.78 is 5.35. The number of benzene rings is 1. The molecule has 3 unspecified atom stereocenters. The molecule has 0 radical (unpaired) electrons. The Hall–Kier alpha value is -0.860. The SMILES string of the molecule is CCNC(CCC(C)OC)CC1Cc2ccccc21. The minimum absolute atomic E-state index is 0.370. The molecule has 1 aliphatic carbocycles. The molecule has 1 aliphatic rings. The van der Waals surface area contributed by atoms with E-state index in [0.717, 1.165) is 18.9 Å². The summed E-state index contributed by atoms with van der Waals surface area (Å²) in [4.78, 5) is 0. The van der Waals surface area contributed by atoms with Crippen LogP contribution in [0.1, 0.15) is 50.2 Å². The summed E-state index contributed by atoms with van der Waals surface area (Å²) in [5.74, 6) is 0.762. The Morgan fingerprint density at radius 3 is 2.79 bits per heavy atom. The van der Waals surface area contributed by atoms with Crippen LogP contribution in [0.5, 0.6) is 0 Å². The van der Waals surface area contributed by atoms with Crippen molar-refractivity contribution in [2.45, 2.75) is 57.6 Å². The summed E-state index contributed by atoms with van der Waals surface area (Å²) in [6.45, 7) is 5.41. The van der Waals surface area contributed by atoms with Crippen LogP contribution in [-0.2, 0) is 11.2 Å². The van der Waals surface area contributed by atoms with E-state index in [1.807, 2.05) is 0 Å². The van der Waals surface area contributed by atoms with E-state index in [-0.39, 0.29) is 0 Å². The summed E-state index contributed by atoms with van der Waals surface area (Å²) in [6.07, 6.45) is 5.25. The third-order valence-corrected chi connectivity index (χ3v) is 4.35. The van der Waals surface area contributed by atoms with E-state index in [9.17, 15) is 0 Å². The first-order valence-corrected chi connectivity index (χ1v) is 7.58. The Morgan fingerprint density at radius 1 is 1.32 bits per heavy atom. The summed E-state index contributed by atoms with van der Waals surface area (Å²) in [5.41, 5.74) is 3.12. The van der Waals surface area contributed by atoms with Gasteiger partial charge in [0.1, 0.15) is 0 Å². The molecule has 0 heterocycles. The lowest BCUT2D eigenvalue weighted by Crippen LogP contribution is -2.34. The number of hydrogen-bond donors (Lipinski definition) is 1. The van der Waals surface area contributed by atoms with E-state index in [1.54, 1.807) is 18.2 Å². The van der Waals surface area contributed by atoms with E-state index < -0.39 is 0 Å². The maximum absolute atomic E-state index is 5.35. The fraction of sp³-hybridized carbons (Fsp3) is 0.647. The molecule has 1 aromatic carbocycles. The van der Waals surface area contributed by atoms with Crippen LogP contribution in [0.2, 0.25) is 0 Å². The molecule has 0 saturated heterocycles. The number of nitrogens with one attached hydrogen (secondary N) is 1. The van der Waals surface area contributed by atoms with E-state index in [4.69, 9.17) is 4.74 Å². The van der Waals surface area contributed by atoms with Gasteiger partial charge in [0.15, 0.2) is 0 Å². The van der Waals surface area contributed by atoms with Crippen LogP contribution in [0.15, 0.2) is 24.3 Å². The molecule has 0 bridgehead atoms. The second-order valence-corrected chi connectivity index (χ2v) is 5.71. The highest BCUT2D eigenvalue weighted by atomic mass is 16.5. The molecule has 2 rings (SSSR count). The van der Waals surface area contributed by atoms with Gasteiger partial charge in [-0.25, -0.2) is 0 Å². The molecular weight excluding hydrogens is 234 g/mol. The molecule has 2 nitrogen and oxygen atoms in total. The van der Waals surface area contributed by atoms with Gasteiger partial charge in [0.05, 0.1) is 6.10 Å². The van der Waals surface area contributed by atoms with Crippen LogP contribution in [-0.4, -0.2) is 25.8 Å². The van der Waals surface area contributed by atoms with Gasteiger partial charge in [-0.05, 0) is 56.2 Å². The van der Waals surface area contributed by atoms with Crippen LogP contribution >= 0.6 is 0 Å². The highest BCUT2D eigenvalue weighted by Gasteiger charge is 2.27. The predicted octanol–water partition coefficient (Wildman–Crippen LogP) is 3.51. The molecule has 1 aromatic rings. The summed E-state index contributed by atoms with van der Waals surface area (Å²) in [6, 6.07) is 9.50. The molecule has 2 heteroatoms. The van der Waals surface area contributed by atoms with Gasteiger partial charge in [-0.2, -0.15) is 0 Å². The van der Waals surface area contributed by atoms with Gasteiger partial charge >= 0.3 is 0 Å². The van der Waals surface area contributed by atoms with Gasteiger partial charge < -0.3 is 10.1 Å². The zero-order valence-corrected chi connectivity index (χ0v) is 12.5. The molecule has 19 heavy (non-hydrogen) atoms. The molecular formula is C17H27NO. The standard InChI is InChI=1S/C17H27NO/c1-4-18-16(10-9-13(2)19-3)12-15-11-14-7-5-6-8-17(14)15/h5-8,13,15-16,18H,4,9-12H2,1-3H3. The second-order valence-electron chi connectivity index (χ2n) is 5.71. The molecule has 0 fully saturated rings. The Balaban J connectivity index is 1.84. The number of methoxy groups -OCH3 is 1. The second kappa shape index (κ2) is 7.06. The first-order chi connectivity index (χ1) is 9.24. The first kappa shape index (κ1) is 14.5. The number of hydrogen-bond acceptors (Lipinski definition) is 2. The Morgan fingerprint density at radius 2 is 2.11 bits per heavy atom. The van der Waals surface area contributed by atoms with Crippen molar-refractivity contribution in [2.75, 3.05) is 13.7 Å². The molecule has 106 valence electrons. The fourth-order valence-electron chi connectivity index (χ4n) is 3.06. The molecule has 0 spiro atoms. The van der Waals surface area contributed by atoms with Gasteiger partial charge in [0.25, 0.3) is 0 Å². The molecule has 0 aromatic heterocycles. The highest BCUT2D eigenvalue weighted by molar-refractivity contribution is 5.39. The molecule has 1 N–H and O–H groups in total. The average molecular weight is 261 g/mol. The van der Waals surface area contributed by atoms with E-state index in [2.05, 4.69) is 43.4 Å². The predicted molar refractivity (Wildman–Crippen MR) is 80.7 cm³/mol. The summed E-state index contributed by atoms with van der Waals surface area (Å²) >= 11 is 0. The molecule has 3 atom stereocenters. The van der Waals surface area contributed by atoms with Gasteiger partial charge in [0, 0.05) is 13.2 Å². The largest absolute Gasteiger partial charge is 0.382 e. The smallest absolute Gasteiger partial charge is 0.0543 e. The van der Waals surface area contributed by atoms with Crippen molar-refractivity contribution in [3.63, 3.8) is 0 Å². The van der Waals surface area contributed by atoms with Crippen molar-refractivity contribution in [3.8, 4) is 0 Å². The third kappa shape index (κ3) is 3.80. The van der Waals surface area contributed by atoms with Crippen molar-refractivity contribution in [1.82, 2.24) is 5.32 Å². The maximum Gasteiger partial charge on any atom is 0.0543 e. The maximum atomic E-state index is 5.35. The summed E-state index contributed by atoms with van der Waals surface area (Å²) in [7, 11) is 1.80. The van der Waals surface area contributed by atoms with E-state index in [0.29, 0.717) is 12.1 Å². The number of rotatable bonds is 8. The van der Waals surface area contributed by atoms with Crippen LogP contribution in [0, 0.1) is 0 Å². The summed E-state index contributed by atoms with van der Waals surface area (Å²) in [5, 5.41) is 3.64. The topological polar surface area (TPSA) is 21.3 Å². The van der Waals surface area contributed by atoms with Crippen molar-refractivity contribution >= 4 is 0 Å². The van der Waals surface area contributed by atoms with Crippen molar-refractivity contribution in [3.05, 3.63) is 35.4 Å². The van der Waals surface area contributed by atoms with Crippen molar-refractivity contribution in [1.29, 1.82) is 0 Å². The lowest BCUT2D eigenvalue weighted by Gasteiger charge is -2.33. The van der Waals surface area contributed by atoms with E-state index in [1.165, 1.54) is 19.3 Å². The minimum Gasteiger partial charge on any atom is -0.382 e. The fourth-order valence-corrected chi connectivity index (χ4v) is 3.06. The average Bonchev–Trinajstić information content (AvgIpc) is 2.41. The molecule has 0 aliphatic heterocycles. The van der Waals surface area contributed by atoms with Crippen LogP contribution in [0.25, 0.3) is 0 Å². The number of fused-ring (bicyclic) bond motifs is 1. The zero-order valence-electron chi connectivity index (χ0n) is 12.5. The Labute approximate surface area is 117 Å². The van der Waals surface area contributed by atoms with Gasteiger partial charge in [-0.3, -0.25) is 0 Å².